The minimum atomic E-state index is -3.84. The van der Waals surface area contributed by atoms with E-state index in [1.807, 2.05) is 23.1 Å². The minimum Gasteiger partial charge on any atom is -0.337 e. The molecule has 4 rings (SSSR count). The molecule has 0 aliphatic carbocycles. The molecule has 3 aromatic carbocycles. The Morgan fingerprint density at radius 1 is 0.879 bits per heavy atom. The van der Waals surface area contributed by atoms with Crippen molar-refractivity contribution in [1.29, 1.82) is 0 Å². The van der Waals surface area contributed by atoms with Crippen molar-refractivity contribution in [3.63, 3.8) is 0 Å². The number of anilines is 1. The summed E-state index contributed by atoms with van der Waals surface area (Å²) in [5.41, 5.74) is 2.02. The van der Waals surface area contributed by atoms with Gasteiger partial charge in [-0.1, -0.05) is 48.0 Å². The topological polar surface area (TPSA) is 69.7 Å². The Hall–Kier alpha value is -2.87. The third kappa shape index (κ3) is 6.13. The fourth-order valence-electron chi connectivity index (χ4n) is 3.88. The highest BCUT2D eigenvalue weighted by atomic mass is 35.5. The molecule has 1 aliphatic heterocycles. The molecule has 6 nitrogen and oxygen atoms in total. The van der Waals surface area contributed by atoms with Gasteiger partial charge in [0.25, 0.3) is 15.9 Å². The fourth-order valence-corrected chi connectivity index (χ4v) is 5.11. The van der Waals surface area contributed by atoms with Crippen LogP contribution in [-0.4, -0.2) is 50.3 Å². The summed E-state index contributed by atoms with van der Waals surface area (Å²) < 4.78 is 28.2. The second-order valence-electron chi connectivity index (χ2n) is 8.05. The molecule has 0 spiro atoms. The Labute approximate surface area is 199 Å². The van der Waals surface area contributed by atoms with Gasteiger partial charge < -0.3 is 4.90 Å². The van der Waals surface area contributed by atoms with Crippen LogP contribution in [0.1, 0.15) is 22.3 Å². The number of nitrogens with zero attached hydrogens (tertiary/aromatic N) is 2. The molecule has 1 aliphatic rings. The summed E-state index contributed by atoms with van der Waals surface area (Å²) in [4.78, 5) is 17.4. The number of carbonyl (C=O) groups excluding carboxylic acids is 1. The first kappa shape index (κ1) is 23.3. The molecule has 1 fully saturated rings. The van der Waals surface area contributed by atoms with Crippen LogP contribution in [0.2, 0.25) is 5.02 Å². The molecule has 0 unspecified atom stereocenters. The highest BCUT2D eigenvalue weighted by Crippen LogP contribution is 2.20. The van der Waals surface area contributed by atoms with Crippen LogP contribution in [0.5, 0.6) is 0 Å². The molecular weight excluding hydrogens is 458 g/mol. The molecule has 1 heterocycles. The predicted octanol–water partition coefficient (Wildman–Crippen LogP) is 4.49. The minimum absolute atomic E-state index is 0.0452. The smallest absolute Gasteiger partial charge is 0.261 e. The molecule has 0 atom stereocenters. The number of nitrogens with one attached hydrogen (secondary N) is 1. The molecule has 3 aromatic rings. The quantitative estimate of drug-likeness (QED) is 0.561. The van der Waals surface area contributed by atoms with Crippen LogP contribution in [0.4, 0.5) is 5.69 Å². The van der Waals surface area contributed by atoms with Crippen LogP contribution in [0, 0.1) is 0 Å². The van der Waals surface area contributed by atoms with Crippen LogP contribution in [0.25, 0.3) is 0 Å². The number of sulfonamides is 1. The number of amides is 1. The van der Waals surface area contributed by atoms with Gasteiger partial charge >= 0.3 is 0 Å². The summed E-state index contributed by atoms with van der Waals surface area (Å²) in [5.74, 6) is -0.153. The summed E-state index contributed by atoms with van der Waals surface area (Å²) in [6.07, 6.45) is 0.870. The number of rotatable bonds is 6. The van der Waals surface area contributed by atoms with Crippen molar-refractivity contribution in [3.8, 4) is 0 Å². The third-order valence-corrected chi connectivity index (χ3v) is 7.24. The van der Waals surface area contributed by atoms with Crippen molar-refractivity contribution < 1.29 is 13.2 Å². The second-order valence-corrected chi connectivity index (χ2v) is 10.2. The van der Waals surface area contributed by atoms with E-state index in [0.717, 1.165) is 26.1 Å². The van der Waals surface area contributed by atoms with Crippen molar-refractivity contribution in [2.24, 2.45) is 0 Å². The average molecular weight is 484 g/mol. The van der Waals surface area contributed by atoms with Crippen molar-refractivity contribution in [1.82, 2.24) is 9.80 Å². The average Bonchev–Trinajstić information content (AvgIpc) is 3.06. The van der Waals surface area contributed by atoms with E-state index in [0.29, 0.717) is 29.4 Å². The van der Waals surface area contributed by atoms with Gasteiger partial charge in [0.1, 0.15) is 0 Å². The molecule has 0 saturated carbocycles. The Bertz CT molecular complexity index is 1200. The van der Waals surface area contributed by atoms with Crippen molar-refractivity contribution in [2.45, 2.75) is 17.9 Å². The first-order valence-electron chi connectivity index (χ1n) is 10.8. The van der Waals surface area contributed by atoms with Gasteiger partial charge in [-0.25, -0.2) is 8.42 Å². The number of halogens is 1. The number of carbonyl (C=O) groups is 1. The first-order valence-corrected chi connectivity index (χ1v) is 12.7. The number of benzene rings is 3. The molecule has 1 saturated heterocycles. The molecule has 8 heteroatoms. The lowest BCUT2D eigenvalue weighted by Gasteiger charge is -2.22. The molecule has 0 aromatic heterocycles. The maximum absolute atomic E-state index is 13.2. The van der Waals surface area contributed by atoms with Gasteiger partial charge in [-0.05, 0) is 54.4 Å². The van der Waals surface area contributed by atoms with Crippen molar-refractivity contribution >= 4 is 33.2 Å². The highest BCUT2D eigenvalue weighted by molar-refractivity contribution is 7.92. The summed E-state index contributed by atoms with van der Waals surface area (Å²) >= 11 is 5.87. The lowest BCUT2D eigenvalue weighted by Crippen LogP contribution is -2.35. The van der Waals surface area contributed by atoms with Crippen LogP contribution in [-0.2, 0) is 16.6 Å². The van der Waals surface area contributed by atoms with E-state index in [-0.39, 0.29) is 10.8 Å². The van der Waals surface area contributed by atoms with Gasteiger partial charge in [0.15, 0.2) is 0 Å². The molecule has 0 bridgehead atoms. The maximum atomic E-state index is 13.2. The normalized spacial score (nSPS) is 15.1. The Morgan fingerprint density at radius 2 is 1.64 bits per heavy atom. The van der Waals surface area contributed by atoms with E-state index in [9.17, 15) is 13.2 Å². The van der Waals surface area contributed by atoms with Crippen LogP contribution < -0.4 is 4.72 Å². The van der Waals surface area contributed by atoms with Gasteiger partial charge in [0.05, 0.1) is 4.90 Å². The van der Waals surface area contributed by atoms with Gasteiger partial charge in [-0.3, -0.25) is 14.4 Å². The van der Waals surface area contributed by atoms with Crippen LogP contribution in [0.3, 0.4) is 0 Å². The Balaban J connectivity index is 1.43. The largest absolute Gasteiger partial charge is 0.337 e. The predicted molar refractivity (Wildman–Crippen MR) is 131 cm³/mol. The van der Waals surface area contributed by atoms with E-state index in [1.54, 1.807) is 36.4 Å². The standard InChI is InChI=1S/C25H26ClN3O3S/c26-22-10-12-23(13-11-22)27-33(31,32)24-9-4-8-21(18-24)25(30)29-15-5-14-28(16-17-29)19-20-6-2-1-3-7-20/h1-4,6-13,18,27H,5,14-17,19H2. The lowest BCUT2D eigenvalue weighted by atomic mass is 10.2. The zero-order chi connectivity index (χ0) is 23.3. The van der Waals surface area contributed by atoms with Crippen molar-refractivity contribution in [2.75, 3.05) is 30.9 Å². The first-order chi connectivity index (χ1) is 15.9. The van der Waals surface area contributed by atoms with Crippen LogP contribution >= 0.6 is 11.6 Å². The maximum Gasteiger partial charge on any atom is 0.261 e. The van der Waals surface area contributed by atoms with E-state index < -0.39 is 10.0 Å². The van der Waals surface area contributed by atoms with E-state index in [2.05, 4.69) is 21.8 Å². The van der Waals surface area contributed by atoms with E-state index in [4.69, 9.17) is 11.6 Å². The van der Waals surface area contributed by atoms with Gasteiger partial charge in [-0.2, -0.15) is 0 Å². The van der Waals surface area contributed by atoms with Gasteiger partial charge in [-0.15, -0.1) is 0 Å². The Kier molecular flexibility index (Phi) is 7.33. The molecule has 33 heavy (non-hydrogen) atoms. The SMILES string of the molecule is O=C(c1cccc(S(=O)(=O)Nc2ccc(Cl)cc2)c1)N1CCCN(Cc2ccccc2)CC1. The van der Waals surface area contributed by atoms with Crippen molar-refractivity contribution in [3.05, 3.63) is 95.0 Å². The summed E-state index contributed by atoms with van der Waals surface area (Å²) in [6.45, 7) is 3.79. The molecular formula is C25H26ClN3O3S. The van der Waals surface area contributed by atoms with Gasteiger partial charge in [0, 0.05) is 49.0 Å². The Morgan fingerprint density at radius 3 is 2.39 bits per heavy atom. The third-order valence-electron chi connectivity index (χ3n) is 5.61. The fraction of sp³-hybridized carbons (Fsp3) is 0.240. The lowest BCUT2D eigenvalue weighted by molar-refractivity contribution is 0.0761. The molecule has 0 radical (unpaired) electrons. The zero-order valence-corrected chi connectivity index (χ0v) is 19.7. The number of hydrogen-bond donors (Lipinski definition) is 1. The molecule has 1 amide bonds. The summed E-state index contributed by atoms with van der Waals surface area (Å²) in [6, 6.07) is 22.9. The van der Waals surface area contributed by atoms with Gasteiger partial charge in [0.2, 0.25) is 0 Å². The van der Waals surface area contributed by atoms with E-state index in [1.165, 1.54) is 17.7 Å². The summed E-state index contributed by atoms with van der Waals surface area (Å²) in [7, 11) is -3.84. The molecule has 172 valence electrons. The van der Waals surface area contributed by atoms with E-state index >= 15 is 0 Å². The van der Waals surface area contributed by atoms with Crippen LogP contribution in [0.15, 0.2) is 83.8 Å². The monoisotopic (exact) mass is 483 g/mol. The zero-order valence-electron chi connectivity index (χ0n) is 18.2. The highest BCUT2D eigenvalue weighted by Gasteiger charge is 2.22. The second kappa shape index (κ2) is 10.4. The summed E-state index contributed by atoms with van der Waals surface area (Å²) in [5, 5.41) is 0.519. The number of hydrogen-bond acceptors (Lipinski definition) is 4. The molecule has 1 N–H and O–H groups in total.